The second-order valence-corrected chi connectivity index (χ2v) is 1.30. The third kappa shape index (κ3) is 4.50. The number of hydrogen-bond donors (Lipinski definition) is 2. The molecule has 38 valence electrons. The molecule has 0 aromatic carbocycles. The summed E-state index contributed by atoms with van der Waals surface area (Å²) in [7, 11) is 0. The van der Waals surface area contributed by atoms with E-state index < -0.39 is 0 Å². The van der Waals surface area contributed by atoms with Crippen molar-refractivity contribution in [2.45, 2.75) is 0 Å². The van der Waals surface area contributed by atoms with Crippen molar-refractivity contribution in [1.82, 2.24) is 9.67 Å². The summed E-state index contributed by atoms with van der Waals surface area (Å²) in [6.07, 6.45) is 0. The van der Waals surface area contributed by atoms with Crippen LogP contribution in [0.4, 0.5) is 0 Å². The Morgan fingerprint density at radius 3 is 1.50 bits per heavy atom. The summed E-state index contributed by atoms with van der Waals surface area (Å²) >= 11 is 10.1. The molecule has 0 aliphatic rings. The maximum Gasteiger partial charge on any atom is 0.0246 e. The molecular formula is C2H6Cl2N2. The summed E-state index contributed by atoms with van der Waals surface area (Å²) in [5.41, 5.74) is 0. The normalized spacial score (nSPS) is 9.00. The molecule has 0 aromatic heterocycles. The van der Waals surface area contributed by atoms with E-state index in [2.05, 4.69) is 9.67 Å². The van der Waals surface area contributed by atoms with Gasteiger partial charge in [-0.1, -0.05) is 0 Å². The summed E-state index contributed by atoms with van der Waals surface area (Å²) in [5.74, 6) is 0. The van der Waals surface area contributed by atoms with Crippen molar-refractivity contribution >= 4 is 23.6 Å². The molecule has 0 bridgehead atoms. The number of rotatable bonds is 3. The predicted octanol–water partition coefficient (Wildman–Crippen LogP) is 0.473. The lowest BCUT2D eigenvalue weighted by Gasteiger charge is -1.88. The number of halogens is 2. The van der Waals surface area contributed by atoms with Gasteiger partial charge in [0.25, 0.3) is 0 Å². The monoisotopic (exact) mass is 128 g/mol. The molecule has 0 aromatic rings. The molecule has 0 heterocycles. The van der Waals surface area contributed by atoms with E-state index in [1.54, 1.807) is 0 Å². The van der Waals surface area contributed by atoms with Crippen LogP contribution in [0.3, 0.4) is 0 Å². The molecule has 0 unspecified atom stereocenters. The van der Waals surface area contributed by atoms with Gasteiger partial charge in [0.2, 0.25) is 0 Å². The van der Waals surface area contributed by atoms with Gasteiger partial charge in [-0.2, -0.15) is 0 Å². The van der Waals surface area contributed by atoms with Crippen LogP contribution in [-0.4, -0.2) is 13.1 Å². The molecular weight excluding hydrogens is 123 g/mol. The zero-order chi connectivity index (χ0) is 4.83. The standard InChI is InChI=1S/C2H6Cl2N2/c3-5-1-2-6-4/h5-6H,1-2H2. The predicted molar refractivity (Wildman–Crippen MR) is 27.7 cm³/mol. The van der Waals surface area contributed by atoms with Gasteiger partial charge in [0.15, 0.2) is 0 Å². The fourth-order valence-electron chi connectivity index (χ4n) is 0.0945. The number of hydrogen-bond acceptors (Lipinski definition) is 2. The van der Waals surface area contributed by atoms with E-state index in [0.717, 1.165) is 0 Å². The molecule has 0 radical (unpaired) electrons. The summed E-state index contributed by atoms with van der Waals surface area (Å²) in [4.78, 5) is 4.79. The maximum absolute atomic E-state index is 5.03. The molecule has 0 atom stereocenters. The van der Waals surface area contributed by atoms with Crippen LogP contribution in [0.25, 0.3) is 0 Å². The Hall–Kier alpha value is 0.500. The van der Waals surface area contributed by atoms with Crippen LogP contribution in [0.2, 0.25) is 0 Å². The molecule has 6 heavy (non-hydrogen) atoms. The molecule has 0 fully saturated rings. The van der Waals surface area contributed by atoms with Gasteiger partial charge in [-0.25, -0.2) is 9.67 Å². The minimum absolute atomic E-state index is 0.686. The number of nitrogens with one attached hydrogen (secondary N) is 2. The van der Waals surface area contributed by atoms with Gasteiger partial charge >= 0.3 is 0 Å². The van der Waals surface area contributed by atoms with Gasteiger partial charge in [0.1, 0.15) is 0 Å². The van der Waals surface area contributed by atoms with Gasteiger partial charge in [0, 0.05) is 13.1 Å². The van der Waals surface area contributed by atoms with Crippen molar-refractivity contribution in [3.05, 3.63) is 0 Å². The van der Waals surface area contributed by atoms with Crippen molar-refractivity contribution in [3.63, 3.8) is 0 Å². The van der Waals surface area contributed by atoms with Gasteiger partial charge < -0.3 is 0 Å². The molecule has 0 aliphatic carbocycles. The van der Waals surface area contributed by atoms with Crippen LogP contribution in [0, 0.1) is 0 Å². The van der Waals surface area contributed by atoms with Gasteiger partial charge in [0.05, 0.1) is 0 Å². The first-order valence-electron chi connectivity index (χ1n) is 1.59. The Balaban J connectivity index is 2.34. The first kappa shape index (κ1) is 6.50. The molecule has 0 saturated heterocycles. The zero-order valence-electron chi connectivity index (χ0n) is 3.17. The summed E-state index contributed by atoms with van der Waals surface area (Å²) < 4.78 is 0. The van der Waals surface area contributed by atoms with E-state index in [9.17, 15) is 0 Å². The molecule has 2 nitrogen and oxygen atoms in total. The summed E-state index contributed by atoms with van der Waals surface area (Å²) in [6.45, 7) is 1.37. The van der Waals surface area contributed by atoms with E-state index in [4.69, 9.17) is 23.6 Å². The Kier molecular flexibility index (Phi) is 5.96. The lowest BCUT2D eigenvalue weighted by Crippen LogP contribution is -2.14. The summed E-state index contributed by atoms with van der Waals surface area (Å²) in [5, 5.41) is 0. The van der Waals surface area contributed by atoms with Crippen LogP contribution >= 0.6 is 23.6 Å². The fourth-order valence-corrected chi connectivity index (χ4v) is 0.283. The lowest BCUT2D eigenvalue weighted by molar-refractivity contribution is 0.858. The van der Waals surface area contributed by atoms with Crippen molar-refractivity contribution in [3.8, 4) is 0 Å². The SMILES string of the molecule is ClNCCNCl. The minimum Gasteiger partial charge on any atom is -0.232 e. The van der Waals surface area contributed by atoms with E-state index in [1.165, 1.54) is 0 Å². The Bertz CT molecular complexity index is 21.5. The van der Waals surface area contributed by atoms with Gasteiger partial charge in [-0.05, 0) is 23.6 Å². The highest BCUT2D eigenvalue weighted by Crippen LogP contribution is 1.61. The van der Waals surface area contributed by atoms with E-state index in [-0.39, 0.29) is 0 Å². The summed E-state index contributed by atoms with van der Waals surface area (Å²) in [6, 6.07) is 0. The average Bonchev–Trinajstić information content (AvgIpc) is 1.61. The first-order valence-corrected chi connectivity index (χ1v) is 2.34. The topological polar surface area (TPSA) is 24.1 Å². The molecule has 0 aliphatic heterocycles. The minimum atomic E-state index is 0.686. The molecule has 0 rings (SSSR count). The third-order valence-electron chi connectivity index (χ3n) is 0.314. The quantitative estimate of drug-likeness (QED) is 0.427. The third-order valence-corrected chi connectivity index (χ3v) is 0.692. The van der Waals surface area contributed by atoms with Crippen molar-refractivity contribution < 1.29 is 0 Å². The highest BCUT2D eigenvalue weighted by molar-refractivity contribution is 6.14. The molecule has 2 N–H and O–H groups in total. The van der Waals surface area contributed by atoms with Crippen LogP contribution in [-0.2, 0) is 0 Å². The van der Waals surface area contributed by atoms with Gasteiger partial charge in [-0.3, -0.25) is 0 Å². The smallest absolute Gasteiger partial charge is 0.0246 e. The van der Waals surface area contributed by atoms with Crippen molar-refractivity contribution in [2.24, 2.45) is 0 Å². The maximum atomic E-state index is 5.03. The Morgan fingerprint density at radius 1 is 1.00 bits per heavy atom. The molecule has 0 spiro atoms. The largest absolute Gasteiger partial charge is 0.232 e. The lowest BCUT2D eigenvalue weighted by atomic mass is 10.7. The van der Waals surface area contributed by atoms with Gasteiger partial charge in [-0.15, -0.1) is 0 Å². The van der Waals surface area contributed by atoms with Crippen LogP contribution < -0.4 is 9.67 Å². The highest BCUT2D eigenvalue weighted by atomic mass is 35.5. The van der Waals surface area contributed by atoms with E-state index in [0.29, 0.717) is 13.1 Å². The Labute approximate surface area is 47.0 Å². The Morgan fingerprint density at radius 2 is 1.33 bits per heavy atom. The fraction of sp³-hybridized carbons (Fsp3) is 1.00. The molecule has 0 saturated carbocycles. The van der Waals surface area contributed by atoms with Crippen molar-refractivity contribution in [2.75, 3.05) is 13.1 Å². The second kappa shape index (κ2) is 5.50. The van der Waals surface area contributed by atoms with Crippen LogP contribution in [0.5, 0.6) is 0 Å². The average molecular weight is 129 g/mol. The second-order valence-electron chi connectivity index (χ2n) is 0.767. The van der Waals surface area contributed by atoms with Crippen LogP contribution in [0.1, 0.15) is 0 Å². The zero-order valence-corrected chi connectivity index (χ0v) is 4.68. The van der Waals surface area contributed by atoms with Crippen LogP contribution in [0.15, 0.2) is 0 Å². The highest BCUT2D eigenvalue weighted by Gasteiger charge is 1.74. The van der Waals surface area contributed by atoms with E-state index in [1.807, 2.05) is 0 Å². The van der Waals surface area contributed by atoms with E-state index >= 15 is 0 Å². The van der Waals surface area contributed by atoms with Crippen molar-refractivity contribution in [1.29, 1.82) is 0 Å². The molecule has 0 amide bonds. The first-order chi connectivity index (χ1) is 2.91. The molecule has 4 heteroatoms.